The van der Waals surface area contributed by atoms with Crippen molar-refractivity contribution >= 4 is 11.7 Å². The van der Waals surface area contributed by atoms with Gasteiger partial charge in [-0.3, -0.25) is 0 Å². The molecule has 0 atom stereocenters. The van der Waals surface area contributed by atoms with E-state index in [2.05, 4.69) is 0 Å². The molecule has 1 saturated carbocycles. The number of hydrogen-bond acceptors (Lipinski definition) is 2. The highest BCUT2D eigenvalue weighted by atomic mass is 19.1. The molecule has 1 heterocycles. The Balaban J connectivity index is 1.81. The number of hydrogen-bond donors (Lipinski definition) is 1. The number of nitrogens with zero attached hydrogens (tertiary/aromatic N) is 1. The van der Waals surface area contributed by atoms with Crippen LogP contribution in [0.4, 0.5) is 10.1 Å². The Morgan fingerprint density at radius 1 is 1.28 bits per heavy atom. The second-order valence-corrected chi connectivity index (χ2v) is 5.53. The minimum Gasteiger partial charge on any atom is -0.478 e. The number of anilines is 1. The van der Waals surface area contributed by atoms with E-state index >= 15 is 0 Å². The highest BCUT2D eigenvalue weighted by Crippen LogP contribution is 2.47. The molecule has 1 saturated heterocycles. The zero-order chi connectivity index (χ0) is 12.8. The fraction of sp³-hybridized carbons (Fsp3) is 0.500. The van der Waals surface area contributed by atoms with Crippen molar-refractivity contribution in [3.8, 4) is 0 Å². The van der Waals surface area contributed by atoms with E-state index in [9.17, 15) is 9.18 Å². The first-order valence-corrected chi connectivity index (χ1v) is 6.38. The fourth-order valence-electron chi connectivity index (χ4n) is 3.26. The smallest absolute Gasteiger partial charge is 0.335 e. The molecule has 0 radical (unpaired) electrons. The quantitative estimate of drug-likeness (QED) is 0.876. The Kier molecular flexibility index (Phi) is 2.54. The number of carboxylic acid groups (broad SMARTS) is 1. The molecule has 1 aliphatic carbocycles. The molecule has 1 N–H and O–H groups in total. The lowest BCUT2D eigenvalue weighted by atomic mass is 9.78. The van der Waals surface area contributed by atoms with E-state index in [0.29, 0.717) is 11.1 Å². The second-order valence-electron chi connectivity index (χ2n) is 5.53. The van der Waals surface area contributed by atoms with Gasteiger partial charge in [-0.2, -0.15) is 0 Å². The van der Waals surface area contributed by atoms with Crippen molar-refractivity contribution in [3.63, 3.8) is 0 Å². The van der Waals surface area contributed by atoms with Crippen LogP contribution < -0.4 is 4.90 Å². The SMILES string of the molecule is O=C(O)c1ccc(F)c(N2CC3(CCCC3)C2)c1. The molecular formula is C14H16FNO2. The monoisotopic (exact) mass is 249 g/mol. The molecule has 1 aromatic carbocycles. The Bertz CT molecular complexity index is 487. The summed E-state index contributed by atoms with van der Waals surface area (Å²) in [7, 11) is 0. The molecule has 3 nitrogen and oxygen atoms in total. The van der Waals surface area contributed by atoms with Crippen LogP contribution in [0.3, 0.4) is 0 Å². The molecule has 2 fully saturated rings. The van der Waals surface area contributed by atoms with Crippen LogP contribution in [0.5, 0.6) is 0 Å². The summed E-state index contributed by atoms with van der Waals surface area (Å²) in [5.74, 6) is -1.33. The topological polar surface area (TPSA) is 40.5 Å². The Hall–Kier alpha value is -1.58. The minimum atomic E-state index is -1.01. The van der Waals surface area contributed by atoms with Gasteiger partial charge in [-0.1, -0.05) is 12.8 Å². The molecule has 0 bridgehead atoms. The van der Waals surface area contributed by atoms with E-state index in [-0.39, 0.29) is 11.4 Å². The van der Waals surface area contributed by atoms with E-state index in [1.165, 1.54) is 43.9 Å². The van der Waals surface area contributed by atoms with E-state index in [1.54, 1.807) is 0 Å². The van der Waals surface area contributed by atoms with Crippen LogP contribution in [0.2, 0.25) is 0 Å². The van der Waals surface area contributed by atoms with Gasteiger partial charge in [0, 0.05) is 18.5 Å². The maximum Gasteiger partial charge on any atom is 0.335 e. The number of rotatable bonds is 2. The normalized spacial score (nSPS) is 21.1. The summed E-state index contributed by atoms with van der Waals surface area (Å²) in [6.45, 7) is 1.74. The molecule has 1 aromatic rings. The molecule has 0 aromatic heterocycles. The third-order valence-electron chi connectivity index (χ3n) is 4.25. The van der Waals surface area contributed by atoms with Crippen molar-refractivity contribution < 1.29 is 14.3 Å². The van der Waals surface area contributed by atoms with Crippen LogP contribution in [-0.2, 0) is 0 Å². The van der Waals surface area contributed by atoms with Crippen molar-refractivity contribution in [3.05, 3.63) is 29.6 Å². The van der Waals surface area contributed by atoms with E-state index < -0.39 is 5.97 Å². The Morgan fingerprint density at radius 2 is 1.94 bits per heavy atom. The Morgan fingerprint density at radius 3 is 2.56 bits per heavy atom. The van der Waals surface area contributed by atoms with Crippen molar-refractivity contribution in [2.75, 3.05) is 18.0 Å². The Labute approximate surface area is 105 Å². The first-order chi connectivity index (χ1) is 8.60. The van der Waals surface area contributed by atoms with Crippen LogP contribution in [0.1, 0.15) is 36.0 Å². The average Bonchev–Trinajstić information content (AvgIpc) is 2.77. The van der Waals surface area contributed by atoms with Crippen LogP contribution in [0.15, 0.2) is 18.2 Å². The zero-order valence-electron chi connectivity index (χ0n) is 10.2. The summed E-state index contributed by atoms with van der Waals surface area (Å²) in [4.78, 5) is 12.9. The number of carboxylic acids is 1. The number of halogens is 1. The van der Waals surface area contributed by atoms with Gasteiger partial charge in [-0.15, -0.1) is 0 Å². The van der Waals surface area contributed by atoms with Gasteiger partial charge in [0.05, 0.1) is 11.3 Å². The molecular weight excluding hydrogens is 233 g/mol. The van der Waals surface area contributed by atoms with Crippen molar-refractivity contribution in [1.82, 2.24) is 0 Å². The van der Waals surface area contributed by atoms with Gasteiger partial charge >= 0.3 is 5.97 Å². The summed E-state index contributed by atoms with van der Waals surface area (Å²) >= 11 is 0. The van der Waals surface area contributed by atoms with Gasteiger partial charge in [-0.25, -0.2) is 9.18 Å². The predicted molar refractivity (Wildman–Crippen MR) is 66.5 cm³/mol. The third-order valence-corrected chi connectivity index (χ3v) is 4.25. The molecule has 2 aliphatic rings. The second kappa shape index (κ2) is 3.97. The molecule has 0 amide bonds. The standard InChI is InChI=1S/C14H16FNO2/c15-11-4-3-10(13(17)18)7-12(11)16-8-14(9-16)5-1-2-6-14/h3-4,7H,1-2,5-6,8-9H2,(H,17,18). The lowest BCUT2D eigenvalue weighted by Crippen LogP contribution is -2.55. The fourth-order valence-corrected chi connectivity index (χ4v) is 3.26. The number of carbonyl (C=O) groups is 1. The molecule has 96 valence electrons. The van der Waals surface area contributed by atoms with Crippen LogP contribution in [-0.4, -0.2) is 24.2 Å². The number of benzene rings is 1. The van der Waals surface area contributed by atoms with Crippen molar-refractivity contribution in [2.45, 2.75) is 25.7 Å². The highest BCUT2D eigenvalue weighted by molar-refractivity contribution is 5.89. The highest BCUT2D eigenvalue weighted by Gasteiger charge is 2.45. The lowest BCUT2D eigenvalue weighted by molar-refractivity contribution is 0.0697. The maximum absolute atomic E-state index is 13.7. The molecule has 3 rings (SSSR count). The van der Waals surface area contributed by atoms with Crippen molar-refractivity contribution in [1.29, 1.82) is 0 Å². The van der Waals surface area contributed by atoms with E-state index in [0.717, 1.165) is 13.1 Å². The molecule has 18 heavy (non-hydrogen) atoms. The van der Waals surface area contributed by atoms with Crippen molar-refractivity contribution in [2.24, 2.45) is 5.41 Å². The molecule has 0 unspecified atom stereocenters. The van der Waals surface area contributed by atoms with Gasteiger partial charge in [0.15, 0.2) is 0 Å². The van der Waals surface area contributed by atoms with Gasteiger partial charge in [0.2, 0.25) is 0 Å². The maximum atomic E-state index is 13.7. The molecule has 4 heteroatoms. The first-order valence-electron chi connectivity index (χ1n) is 6.38. The number of aromatic carboxylic acids is 1. The molecule has 1 spiro atoms. The predicted octanol–water partition coefficient (Wildman–Crippen LogP) is 2.90. The van der Waals surface area contributed by atoms with Crippen LogP contribution in [0.25, 0.3) is 0 Å². The summed E-state index contributed by atoms with van der Waals surface area (Å²) in [6.07, 6.45) is 4.99. The lowest BCUT2D eigenvalue weighted by Gasteiger charge is -2.49. The van der Waals surface area contributed by atoms with E-state index in [4.69, 9.17) is 5.11 Å². The summed E-state index contributed by atoms with van der Waals surface area (Å²) in [5.41, 5.74) is 0.970. The van der Waals surface area contributed by atoms with Gasteiger partial charge < -0.3 is 10.0 Å². The third kappa shape index (κ3) is 1.76. The molecule has 1 aliphatic heterocycles. The summed E-state index contributed by atoms with van der Waals surface area (Å²) in [6, 6.07) is 4.00. The van der Waals surface area contributed by atoms with E-state index in [1.807, 2.05) is 4.90 Å². The largest absolute Gasteiger partial charge is 0.478 e. The summed E-state index contributed by atoms with van der Waals surface area (Å²) in [5, 5.41) is 8.94. The van der Waals surface area contributed by atoms with Gasteiger partial charge in [0.25, 0.3) is 0 Å². The van der Waals surface area contributed by atoms with Crippen LogP contribution >= 0.6 is 0 Å². The van der Waals surface area contributed by atoms with Gasteiger partial charge in [-0.05, 0) is 31.0 Å². The first kappa shape index (κ1) is 11.5. The summed E-state index contributed by atoms with van der Waals surface area (Å²) < 4.78 is 13.7. The average molecular weight is 249 g/mol. The van der Waals surface area contributed by atoms with Gasteiger partial charge in [0.1, 0.15) is 5.82 Å². The minimum absolute atomic E-state index is 0.152. The zero-order valence-corrected chi connectivity index (χ0v) is 10.2. The van der Waals surface area contributed by atoms with Crippen LogP contribution in [0, 0.1) is 11.2 Å².